The number of thiophene rings is 1. The van der Waals surface area contributed by atoms with Crippen LogP contribution in [0.25, 0.3) is 31.3 Å². The van der Waals surface area contributed by atoms with E-state index in [1.165, 1.54) is 31.0 Å². The molecule has 0 spiro atoms. The molecular weight excluding hydrogens is 388 g/mol. The lowest BCUT2D eigenvalue weighted by Crippen LogP contribution is -2.37. The predicted molar refractivity (Wildman–Crippen MR) is 116 cm³/mol. The third kappa shape index (κ3) is 3.44. The molecule has 1 aliphatic carbocycles. The van der Waals surface area contributed by atoms with E-state index < -0.39 is 0 Å². The summed E-state index contributed by atoms with van der Waals surface area (Å²) in [5.41, 5.74) is 1.90. The lowest BCUT2D eigenvalue weighted by molar-refractivity contribution is -0.119. The number of nitrogens with zero attached hydrogens (tertiary/aromatic N) is 3. The van der Waals surface area contributed by atoms with Crippen molar-refractivity contribution in [2.45, 2.75) is 43.2 Å². The Hall–Kier alpha value is -2.25. The molecule has 0 bridgehead atoms. The van der Waals surface area contributed by atoms with E-state index in [1.807, 2.05) is 18.2 Å². The Morgan fingerprint density at radius 2 is 2.04 bits per heavy atom. The first-order chi connectivity index (χ1) is 13.8. The van der Waals surface area contributed by atoms with Gasteiger partial charge in [0, 0.05) is 16.8 Å². The van der Waals surface area contributed by atoms with Gasteiger partial charge in [0.1, 0.15) is 16.2 Å². The molecule has 142 valence electrons. The number of aromatic nitrogens is 3. The van der Waals surface area contributed by atoms with E-state index in [2.05, 4.69) is 27.4 Å². The molecule has 1 fully saturated rings. The lowest BCUT2D eigenvalue weighted by atomic mass is 9.95. The minimum atomic E-state index is 0.0913. The van der Waals surface area contributed by atoms with Gasteiger partial charge in [-0.1, -0.05) is 49.2 Å². The molecule has 3 aromatic heterocycles. The summed E-state index contributed by atoms with van der Waals surface area (Å²) in [4.78, 5) is 27.1. The van der Waals surface area contributed by atoms with Gasteiger partial charge in [-0.25, -0.2) is 15.0 Å². The molecule has 0 aliphatic heterocycles. The predicted octanol–water partition coefficient (Wildman–Crippen LogP) is 4.93. The largest absolute Gasteiger partial charge is 0.353 e. The third-order valence-electron chi connectivity index (χ3n) is 5.22. The van der Waals surface area contributed by atoms with E-state index in [0.29, 0.717) is 11.8 Å². The molecule has 1 aliphatic rings. The molecule has 1 saturated carbocycles. The minimum absolute atomic E-state index is 0.0913. The third-order valence-corrected chi connectivity index (χ3v) is 7.44. The summed E-state index contributed by atoms with van der Waals surface area (Å²) in [5, 5.41) is 6.19. The Morgan fingerprint density at radius 3 is 2.93 bits per heavy atom. The standard InChI is InChI=1S/C21H20N4OS2/c26-17(24-14-7-2-1-3-8-14)11-27-21-19-18(22-12-23-21)15-10-13-6-4-5-9-16(13)25-20(15)28-19/h4-6,9-10,12,14H,1-3,7-8,11H2,(H,24,26). The number of amides is 1. The fourth-order valence-corrected chi connectivity index (χ4v) is 5.84. The molecule has 28 heavy (non-hydrogen) atoms. The topological polar surface area (TPSA) is 67.8 Å². The minimum Gasteiger partial charge on any atom is -0.353 e. The number of benzene rings is 1. The Bertz CT molecular complexity index is 1170. The zero-order chi connectivity index (χ0) is 18.9. The molecule has 1 aromatic carbocycles. The van der Waals surface area contributed by atoms with E-state index in [1.54, 1.807) is 17.7 Å². The van der Waals surface area contributed by atoms with E-state index in [0.717, 1.165) is 49.2 Å². The van der Waals surface area contributed by atoms with Gasteiger partial charge in [0.2, 0.25) is 5.91 Å². The average molecular weight is 409 g/mol. The smallest absolute Gasteiger partial charge is 0.230 e. The van der Waals surface area contributed by atoms with Gasteiger partial charge in [-0.05, 0) is 25.0 Å². The first kappa shape index (κ1) is 17.8. The first-order valence-corrected chi connectivity index (χ1v) is 11.4. The molecule has 0 saturated heterocycles. The van der Waals surface area contributed by atoms with Gasteiger partial charge in [-0.3, -0.25) is 4.79 Å². The molecule has 0 atom stereocenters. The molecule has 1 amide bonds. The van der Waals surface area contributed by atoms with Gasteiger partial charge in [0.25, 0.3) is 0 Å². The quantitative estimate of drug-likeness (QED) is 0.383. The molecule has 4 aromatic rings. The van der Waals surface area contributed by atoms with Crippen LogP contribution < -0.4 is 5.32 Å². The van der Waals surface area contributed by atoms with Crippen LogP contribution in [0.1, 0.15) is 32.1 Å². The Labute approximate surface area is 171 Å². The number of rotatable bonds is 4. The highest BCUT2D eigenvalue weighted by molar-refractivity contribution is 8.00. The second-order valence-electron chi connectivity index (χ2n) is 7.18. The van der Waals surface area contributed by atoms with E-state index >= 15 is 0 Å². The summed E-state index contributed by atoms with van der Waals surface area (Å²) in [6, 6.07) is 10.6. The van der Waals surface area contributed by atoms with Gasteiger partial charge in [0.15, 0.2) is 0 Å². The van der Waals surface area contributed by atoms with Gasteiger partial charge in [-0.2, -0.15) is 0 Å². The monoisotopic (exact) mass is 408 g/mol. The van der Waals surface area contributed by atoms with Crippen LogP contribution in [0.5, 0.6) is 0 Å². The van der Waals surface area contributed by atoms with Crippen LogP contribution in [-0.4, -0.2) is 32.7 Å². The normalized spacial score (nSPS) is 15.4. The summed E-state index contributed by atoms with van der Waals surface area (Å²) >= 11 is 3.09. The molecule has 5 rings (SSSR count). The average Bonchev–Trinajstić information content (AvgIpc) is 3.09. The molecule has 5 nitrogen and oxygen atoms in total. The number of fused-ring (bicyclic) bond motifs is 4. The highest BCUT2D eigenvalue weighted by atomic mass is 32.2. The summed E-state index contributed by atoms with van der Waals surface area (Å²) in [5.74, 6) is 0.473. The van der Waals surface area contributed by atoms with Gasteiger partial charge in [0.05, 0.1) is 21.5 Å². The Morgan fingerprint density at radius 1 is 1.18 bits per heavy atom. The number of hydrogen-bond donors (Lipinski definition) is 1. The molecule has 0 radical (unpaired) electrons. The number of pyridine rings is 1. The van der Waals surface area contributed by atoms with Gasteiger partial charge in [-0.15, -0.1) is 11.3 Å². The second kappa shape index (κ2) is 7.64. The fraction of sp³-hybridized carbons (Fsp3) is 0.333. The van der Waals surface area contributed by atoms with Crippen molar-refractivity contribution in [2.75, 3.05) is 5.75 Å². The second-order valence-corrected chi connectivity index (χ2v) is 9.15. The highest BCUT2D eigenvalue weighted by Crippen LogP contribution is 2.37. The highest BCUT2D eigenvalue weighted by Gasteiger charge is 2.18. The van der Waals surface area contributed by atoms with Gasteiger partial charge >= 0.3 is 0 Å². The Kier molecular flexibility index (Phi) is 4.86. The maximum absolute atomic E-state index is 12.4. The first-order valence-electron chi connectivity index (χ1n) is 9.63. The van der Waals surface area contributed by atoms with Crippen LogP contribution in [-0.2, 0) is 4.79 Å². The molecule has 1 N–H and O–H groups in total. The number of para-hydroxylation sites is 1. The number of nitrogens with one attached hydrogen (secondary N) is 1. The maximum atomic E-state index is 12.4. The zero-order valence-corrected chi connectivity index (χ0v) is 17.0. The van der Waals surface area contributed by atoms with Gasteiger partial charge < -0.3 is 5.32 Å². The van der Waals surface area contributed by atoms with Crippen molar-refractivity contribution >= 4 is 60.3 Å². The Balaban J connectivity index is 1.41. The van der Waals surface area contributed by atoms with Crippen molar-refractivity contribution in [3.8, 4) is 0 Å². The summed E-state index contributed by atoms with van der Waals surface area (Å²) in [7, 11) is 0. The zero-order valence-electron chi connectivity index (χ0n) is 15.4. The van der Waals surface area contributed by atoms with Crippen molar-refractivity contribution in [1.29, 1.82) is 0 Å². The molecule has 7 heteroatoms. The van der Waals surface area contributed by atoms with Crippen molar-refractivity contribution in [3.05, 3.63) is 36.7 Å². The number of carbonyl (C=O) groups is 1. The number of hydrogen-bond acceptors (Lipinski definition) is 6. The van der Waals surface area contributed by atoms with E-state index in [-0.39, 0.29) is 5.91 Å². The number of carbonyl (C=O) groups excluding carboxylic acids is 1. The molecule has 3 heterocycles. The van der Waals surface area contributed by atoms with Crippen LogP contribution in [0.2, 0.25) is 0 Å². The van der Waals surface area contributed by atoms with E-state index in [4.69, 9.17) is 4.98 Å². The number of thioether (sulfide) groups is 1. The van der Waals surface area contributed by atoms with Crippen LogP contribution in [0, 0.1) is 0 Å². The molecule has 0 unspecified atom stereocenters. The van der Waals surface area contributed by atoms with Crippen LogP contribution >= 0.6 is 23.1 Å². The lowest BCUT2D eigenvalue weighted by Gasteiger charge is -2.22. The summed E-state index contributed by atoms with van der Waals surface area (Å²) in [6.07, 6.45) is 7.51. The fourth-order valence-electron chi connectivity index (χ4n) is 3.84. The van der Waals surface area contributed by atoms with Crippen LogP contribution in [0.3, 0.4) is 0 Å². The maximum Gasteiger partial charge on any atom is 0.230 e. The summed E-state index contributed by atoms with van der Waals surface area (Å²) in [6.45, 7) is 0. The van der Waals surface area contributed by atoms with Crippen molar-refractivity contribution in [1.82, 2.24) is 20.3 Å². The summed E-state index contributed by atoms with van der Waals surface area (Å²) < 4.78 is 1.01. The van der Waals surface area contributed by atoms with Crippen LogP contribution in [0.4, 0.5) is 0 Å². The van der Waals surface area contributed by atoms with E-state index in [9.17, 15) is 4.79 Å². The van der Waals surface area contributed by atoms with Crippen molar-refractivity contribution < 1.29 is 4.79 Å². The van der Waals surface area contributed by atoms with Crippen molar-refractivity contribution in [2.24, 2.45) is 0 Å². The van der Waals surface area contributed by atoms with Crippen LogP contribution in [0.15, 0.2) is 41.7 Å². The molecular formula is C21H20N4OS2. The van der Waals surface area contributed by atoms with Crippen molar-refractivity contribution in [3.63, 3.8) is 0 Å². The SMILES string of the molecule is O=C(CSc1ncnc2c1sc1nc3ccccc3cc12)NC1CCCCC1.